The highest BCUT2D eigenvalue weighted by Crippen LogP contribution is 2.27. The van der Waals surface area contributed by atoms with Crippen molar-refractivity contribution in [2.45, 2.75) is 4.90 Å². The molecule has 0 aliphatic heterocycles. The maximum atomic E-state index is 11.5. The van der Waals surface area contributed by atoms with Crippen LogP contribution >= 0.6 is 11.6 Å². The molecule has 0 radical (unpaired) electrons. The number of aromatic hydroxyl groups is 1. The van der Waals surface area contributed by atoms with Gasteiger partial charge in [0.2, 0.25) is 0 Å². The van der Waals surface area contributed by atoms with Crippen molar-refractivity contribution in [1.29, 1.82) is 0 Å². The molecule has 0 atom stereocenters. The lowest BCUT2D eigenvalue weighted by molar-refractivity contribution is -0.384. The van der Waals surface area contributed by atoms with Crippen LogP contribution in [0.3, 0.4) is 0 Å². The molecule has 2 rings (SSSR count). The molecule has 10 heteroatoms. The Morgan fingerprint density at radius 2 is 2.04 bits per heavy atom. The predicted molar refractivity (Wildman–Crippen MR) is 100 cm³/mol. The van der Waals surface area contributed by atoms with Gasteiger partial charge in [-0.25, -0.2) is 8.42 Å². The van der Waals surface area contributed by atoms with Gasteiger partial charge in [-0.3, -0.25) is 15.1 Å². The summed E-state index contributed by atoms with van der Waals surface area (Å²) in [6, 6.07) is 8.23. The van der Waals surface area contributed by atoms with E-state index in [4.69, 9.17) is 11.6 Å². The summed E-state index contributed by atoms with van der Waals surface area (Å²) in [6.07, 6.45) is 2.43. The second-order valence-electron chi connectivity index (χ2n) is 5.37. The molecule has 0 aliphatic carbocycles. The van der Waals surface area contributed by atoms with Crippen molar-refractivity contribution in [3.8, 4) is 5.75 Å². The Hall–Kier alpha value is -2.65. The molecular formula is C16H16ClN3O5S. The molecule has 0 amide bonds. The van der Waals surface area contributed by atoms with Gasteiger partial charge in [-0.1, -0.05) is 11.6 Å². The number of benzene rings is 2. The fourth-order valence-corrected chi connectivity index (χ4v) is 2.91. The Morgan fingerprint density at radius 3 is 2.69 bits per heavy atom. The van der Waals surface area contributed by atoms with Crippen LogP contribution in [0.2, 0.25) is 5.02 Å². The predicted octanol–water partition coefficient (Wildman–Crippen LogP) is 2.89. The van der Waals surface area contributed by atoms with E-state index in [1.165, 1.54) is 24.4 Å². The number of sulfone groups is 1. The van der Waals surface area contributed by atoms with Crippen LogP contribution in [0.5, 0.6) is 5.75 Å². The summed E-state index contributed by atoms with van der Waals surface area (Å²) in [5, 5.41) is 24.1. The maximum Gasteiger partial charge on any atom is 0.293 e. The van der Waals surface area contributed by atoms with Crippen molar-refractivity contribution in [2.75, 3.05) is 24.7 Å². The number of anilines is 1. The van der Waals surface area contributed by atoms with E-state index < -0.39 is 14.8 Å². The summed E-state index contributed by atoms with van der Waals surface area (Å²) in [7, 11) is -3.53. The Morgan fingerprint density at radius 1 is 1.31 bits per heavy atom. The van der Waals surface area contributed by atoms with E-state index in [0.29, 0.717) is 10.6 Å². The van der Waals surface area contributed by atoms with Crippen LogP contribution in [0.25, 0.3) is 0 Å². The number of hydrogen-bond donors (Lipinski definition) is 2. The van der Waals surface area contributed by atoms with Crippen molar-refractivity contribution in [2.24, 2.45) is 4.99 Å². The molecule has 2 aromatic carbocycles. The van der Waals surface area contributed by atoms with E-state index in [2.05, 4.69) is 10.3 Å². The van der Waals surface area contributed by atoms with Gasteiger partial charge < -0.3 is 10.4 Å². The van der Waals surface area contributed by atoms with Gasteiger partial charge in [0.25, 0.3) is 5.69 Å². The van der Waals surface area contributed by atoms with Gasteiger partial charge >= 0.3 is 0 Å². The van der Waals surface area contributed by atoms with Crippen molar-refractivity contribution in [3.63, 3.8) is 0 Å². The maximum absolute atomic E-state index is 11.5. The summed E-state index contributed by atoms with van der Waals surface area (Å²) < 4.78 is 23.0. The van der Waals surface area contributed by atoms with E-state index in [1.807, 2.05) is 0 Å². The molecule has 138 valence electrons. The molecule has 0 aliphatic rings. The number of phenolic OH excluding ortho intramolecular Hbond substituents is 1. The molecule has 2 aromatic rings. The Labute approximate surface area is 155 Å². The zero-order valence-corrected chi connectivity index (χ0v) is 15.3. The van der Waals surface area contributed by atoms with Crippen LogP contribution in [-0.2, 0) is 9.84 Å². The van der Waals surface area contributed by atoms with E-state index >= 15 is 0 Å². The minimum Gasteiger partial charge on any atom is -0.507 e. The van der Waals surface area contributed by atoms with E-state index in [0.717, 1.165) is 12.3 Å². The fourth-order valence-electron chi connectivity index (χ4n) is 2.09. The topological polar surface area (TPSA) is 122 Å². The molecular weight excluding hydrogens is 382 g/mol. The smallest absolute Gasteiger partial charge is 0.293 e. The van der Waals surface area contributed by atoms with Gasteiger partial charge in [-0.15, -0.1) is 0 Å². The van der Waals surface area contributed by atoms with Crippen LogP contribution in [0.4, 0.5) is 11.4 Å². The molecule has 26 heavy (non-hydrogen) atoms. The summed E-state index contributed by atoms with van der Waals surface area (Å²) in [5.74, 6) is 0.0399. The summed E-state index contributed by atoms with van der Waals surface area (Å²) in [4.78, 5) is 14.5. The third kappa shape index (κ3) is 5.17. The Balaban J connectivity index is 2.04. The first-order chi connectivity index (χ1) is 12.2. The molecule has 2 N–H and O–H groups in total. The molecule has 0 saturated heterocycles. The average molecular weight is 398 g/mol. The average Bonchev–Trinajstić information content (AvgIpc) is 2.56. The third-order valence-electron chi connectivity index (χ3n) is 3.37. The number of rotatable bonds is 7. The third-order valence-corrected chi connectivity index (χ3v) is 4.72. The van der Waals surface area contributed by atoms with Gasteiger partial charge in [-0.05, 0) is 30.3 Å². The second kappa shape index (κ2) is 8.15. The van der Waals surface area contributed by atoms with E-state index in [-0.39, 0.29) is 35.1 Å². The standard InChI is InChI=1S/C16H16ClN3O5S/c1-26(24,25)13-3-4-14(15(9-13)20(22)23)19-7-6-18-10-11-8-12(17)2-5-16(11)21/h2-5,8-10,19,21H,6-7H2,1H3. The zero-order chi connectivity index (χ0) is 19.3. The highest BCUT2D eigenvalue weighted by atomic mass is 35.5. The minimum atomic E-state index is -3.53. The van der Waals surface area contributed by atoms with Gasteiger partial charge in [0.1, 0.15) is 11.4 Å². The van der Waals surface area contributed by atoms with E-state index in [1.54, 1.807) is 12.1 Å². The molecule has 0 aromatic heterocycles. The summed E-state index contributed by atoms with van der Waals surface area (Å²) in [5.41, 5.74) is 0.327. The van der Waals surface area contributed by atoms with Crippen LogP contribution < -0.4 is 5.32 Å². The van der Waals surface area contributed by atoms with Gasteiger partial charge in [0.15, 0.2) is 9.84 Å². The van der Waals surface area contributed by atoms with Crippen LogP contribution in [0.15, 0.2) is 46.3 Å². The van der Waals surface area contributed by atoms with Gasteiger partial charge in [0, 0.05) is 35.7 Å². The molecule has 0 spiro atoms. The highest BCUT2D eigenvalue weighted by molar-refractivity contribution is 7.90. The molecule has 8 nitrogen and oxygen atoms in total. The summed E-state index contributed by atoms with van der Waals surface area (Å²) in [6.45, 7) is 0.549. The fraction of sp³-hybridized carbons (Fsp3) is 0.188. The minimum absolute atomic E-state index is 0.0399. The number of hydrogen-bond acceptors (Lipinski definition) is 7. The first kappa shape index (κ1) is 19.7. The Bertz CT molecular complexity index is 960. The van der Waals surface area contributed by atoms with Crippen molar-refractivity contribution in [3.05, 3.63) is 57.1 Å². The van der Waals surface area contributed by atoms with Crippen LogP contribution in [0.1, 0.15) is 5.56 Å². The number of aliphatic imine (C=N–C) groups is 1. The molecule has 0 unspecified atom stereocenters. The number of nitrogens with one attached hydrogen (secondary N) is 1. The van der Waals surface area contributed by atoms with Crippen molar-refractivity contribution < 1.29 is 18.4 Å². The van der Waals surface area contributed by atoms with Crippen molar-refractivity contribution in [1.82, 2.24) is 0 Å². The lowest BCUT2D eigenvalue weighted by atomic mass is 10.2. The van der Waals surface area contributed by atoms with Crippen molar-refractivity contribution >= 4 is 39.0 Å². The quantitative estimate of drug-likeness (QED) is 0.320. The number of nitrogens with zero attached hydrogens (tertiary/aromatic N) is 2. The molecule has 0 fully saturated rings. The van der Waals surface area contributed by atoms with Crippen LogP contribution in [-0.4, -0.2) is 44.0 Å². The number of halogens is 1. The van der Waals surface area contributed by atoms with Gasteiger partial charge in [0.05, 0.1) is 16.4 Å². The largest absolute Gasteiger partial charge is 0.507 e. The first-order valence-electron chi connectivity index (χ1n) is 7.39. The number of nitro benzene ring substituents is 1. The lowest BCUT2D eigenvalue weighted by Gasteiger charge is -2.07. The highest BCUT2D eigenvalue weighted by Gasteiger charge is 2.18. The first-order valence-corrected chi connectivity index (χ1v) is 9.66. The number of phenols is 1. The number of nitro groups is 1. The Kier molecular flexibility index (Phi) is 6.17. The normalized spacial score (nSPS) is 11.6. The lowest BCUT2D eigenvalue weighted by Crippen LogP contribution is -2.08. The molecule has 0 saturated carbocycles. The zero-order valence-electron chi connectivity index (χ0n) is 13.7. The SMILES string of the molecule is CS(=O)(=O)c1ccc(NCCN=Cc2cc(Cl)ccc2O)c([N+](=O)[O-])c1. The summed E-state index contributed by atoms with van der Waals surface area (Å²) >= 11 is 5.84. The molecule has 0 bridgehead atoms. The van der Waals surface area contributed by atoms with Gasteiger partial charge in [-0.2, -0.15) is 0 Å². The van der Waals surface area contributed by atoms with Crippen LogP contribution in [0, 0.1) is 10.1 Å². The molecule has 0 heterocycles. The second-order valence-corrected chi connectivity index (χ2v) is 7.83. The van der Waals surface area contributed by atoms with E-state index in [9.17, 15) is 23.6 Å². The monoisotopic (exact) mass is 397 g/mol.